The quantitative estimate of drug-likeness (QED) is 0.729. The van der Waals surface area contributed by atoms with Crippen molar-refractivity contribution in [1.29, 1.82) is 0 Å². The maximum Gasteiger partial charge on any atom is 0.315 e. The fourth-order valence-electron chi connectivity index (χ4n) is 2.35. The van der Waals surface area contributed by atoms with Crippen molar-refractivity contribution in [2.75, 3.05) is 0 Å². The Kier molecular flexibility index (Phi) is 1.74. The molecule has 15 heavy (non-hydrogen) atoms. The Bertz CT molecular complexity index is 396. The molecule has 1 aromatic rings. The zero-order valence-electron chi connectivity index (χ0n) is 8.47. The SMILES string of the molecule is NC(=O)N1Cc2ccnn2CC1C1CC1. The number of hydrogen-bond acceptors (Lipinski definition) is 2. The molecule has 1 unspecified atom stereocenters. The zero-order chi connectivity index (χ0) is 10.4. The highest BCUT2D eigenvalue weighted by molar-refractivity contribution is 5.72. The standard InChI is InChI=1S/C10H14N4O/c11-10(15)13-5-8-3-4-12-14(8)6-9(13)7-1-2-7/h3-4,7,9H,1-2,5-6H2,(H2,11,15). The molecule has 0 saturated heterocycles. The van der Waals surface area contributed by atoms with Crippen LogP contribution in [0, 0.1) is 5.92 Å². The number of nitrogens with two attached hydrogens (primary N) is 1. The van der Waals surface area contributed by atoms with E-state index < -0.39 is 0 Å². The Balaban J connectivity index is 1.91. The van der Waals surface area contributed by atoms with E-state index in [2.05, 4.69) is 5.10 Å². The molecule has 0 spiro atoms. The lowest BCUT2D eigenvalue weighted by atomic mass is 10.1. The predicted molar refractivity (Wildman–Crippen MR) is 53.9 cm³/mol. The van der Waals surface area contributed by atoms with Crippen molar-refractivity contribution < 1.29 is 4.79 Å². The summed E-state index contributed by atoms with van der Waals surface area (Å²) in [5, 5.41) is 4.25. The molecule has 2 aliphatic rings. The first-order chi connectivity index (χ1) is 7.25. The van der Waals surface area contributed by atoms with Crippen LogP contribution >= 0.6 is 0 Å². The smallest absolute Gasteiger partial charge is 0.315 e. The van der Waals surface area contributed by atoms with Gasteiger partial charge in [0.05, 0.1) is 24.8 Å². The lowest BCUT2D eigenvalue weighted by molar-refractivity contribution is 0.138. The fourth-order valence-corrected chi connectivity index (χ4v) is 2.35. The molecule has 5 heteroatoms. The number of hydrogen-bond donors (Lipinski definition) is 1. The van der Waals surface area contributed by atoms with Gasteiger partial charge in [-0.1, -0.05) is 0 Å². The Morgan fingerprint density at radius 3 is 3.00 bits per heavy atom. The number of rotatable bonds is 1. The van der Waals surface area contributed by atoms with Gasteiger partial charge in [-0.2, -0.15) is 5.10 Å². The van der Waals surface area contributed by atoms with Crippen LogP contribution in [-0.2, 0) is 13.1 Å². The maximum atomic E-state index is 11.3. The molecule has 0 aromatic carbocycles. The lowest BCUT2D eigenvalue weighted by Crippen LogP contribution is -2.49. The van der Waals surface area contributed by atoms with Crippen molar-refractivity contribution in [3.63, 3.8) is 0 Å². The highest BCUT2D eigenvalue weighted by Crippen LogP contribution is 2.38. The molecule has 3 rings (SSSR count). The summed E-state index contributed by atoms with van der Waals surface area (Å²) in [6.45, 7) is 1.41. The van der Waals surface area contributed by atoms with E-state index in [1.54, 1.807) is 11.1 Å². The molecule has 2 heterocycles. The third-order valence-electron chi connectivity index (χ3n) is 3.35. The van der Waals surface area contributed by atoms with Crippen molar-refractivity contribution in [3.05, 3.63) is 18.0 Å². The van der Waals surface area contributed by atoms with E-state index >= 15 is 0 Å². The monoisotopic (exact) mass is 206 g/mol. The van der Waals surface area contributed by atoms with Crippen molar-refractivity contribution in [1.82, 2.24) is 14.7 Å². The van der Waals surface area contributed by atoms with Gasteiger partial charge in [0.1, 0.15) is 0 Å². The van der Waals surface area contributed by atoms with E-state index in [0.717, 1.165) is 12.2 Å². The molecule has 2 amide bonds. The van der Waals surface area contributed by atoms with Crippen molar-refractivity contribution in [2.24, 2.45) is 11.7 Å². The molecule has 0 bridgehead atoms. The Morgan fingerprint density at radius 1 is 1.53 bits per heavy atom. The van der Waals surface area contributed by atoms with E-state index in [4.69, 9.17) is 5.73 Å². The van der Waals surface area contributed by atoms with Crippen molar-refractivity contribution in [2.45, 2.75) is 32.0 Å². The van der Waals surface area contributed by atoms with Crippen LogP contribution in [0.3, 0.4) is 0 Å². The first kappa shape index (κ1) is 8.76. The molecule has 1 aliphatic heterocycles. The van der Waals surface area contributed by atoms with Gasteiger partial charge in [-0.25, -0.2) is 4.79 Å². The first-order valence-corrected chi connectivity index (χ1v) is 5.32. The zero-order valence-corrected chi connectivity index (χ0v) is 8.47. The summed E-state index contributed by atoms with van der Waals surface area (Å²) in [6, 6.07) is 1.90. The van der Waals surface area contributed by atoms with Gasteiger partial charge < -0.3 is 10.6 Å². The number of fused-ring (bicyclic) bond motifs is 1. The molecule has 1 saturated carbocycles. The third-order valence-corrected chi connectivity index (χ3v) is 3.35. The summed E-state index contributed by atoms with van der Waals surface area (Å²) in [7, 11) is 0. The summed E-state index contributed by atoms with van der Waals surface area (Å²) in [6.07, 6.45) is 4.21. The average molecular weight is 206 g/mol. The molecule has 2 N–H and O–H groups in total. The summed E-state index contributed by atoms with van der Waals surface area (Å²) in [4.78, 5) is 13.1. The number of nitrogens with zero attached hydrogens (tertiary/aromatic N) is 3. The summed E-state index contributed by atoms with van der Waals surface area (Å²) >= 11 is 0. The summed E-state index contributed by atoms with van der Waals surface area (Å²) in [5.41, 5.74) is 6.48. The highest BCUT2D eigenvalue weighted by atomic mass is 16.2. The molecule has 0 radical (unpaired) electrons. The number of primary amides is 1. The van der Waals surface area contributed by atoms with E-state index in [9.17, 15) is 4.79 Å². The molecule has 1 aromatic heterocycles. The van der Waals surface area contributed by atoms with Crippen LogP contribution in [0.15, 0.2) is 12.3 Å². The van der Waals surface area contributed by atoms with Crippen LogP contribution in [-0.4, -0.2) is 26.8 Å². The van der Waals surface area contributed by atoms with Gasteiger partial charge in [0.25, 0.3) is 0 Å². The Labute approximate surface area is 87.8 Å². The van der Waals surface area contributed by atoms with Gasteiger partial charge in [0.2, 0.25) is 0 Å². The number of urea groups is 1. The van der Waals surface area contributed by atoms with E-state index in [-0.39, 0.29) is 12.1 Å². The predicted octanol–water partition coefficient (Wildman–Crippen LogP) is 0.556. The van der Waals surface area contributed by atoms with Gasteiger partial charge >= 0.3 is 6.03 Å². The number of carbonyl (C=O) groups is 1. The van der Waals surface area contributed by atoms with Crippen molar-refractivity contribution in [3.8, 4) is 0 Å². The highest BCUT2D eigenvalue weighted by Gasteiger charge is 2.39. The minimum atomic E-state index is -0.306. The minimum Gasteiger partial charge on any atom is -0.351 e. The normalized spacial score (nSPS) is 25.1. The van der Waals surface area contributed by atoms with Crippen LogP contribution in [0.2, 0.25) is 0 Å². The van der Waals surface area contributed by atoms with E-state index in [1.165, 1.54) is 12.8 Å². The van der Waals surface area contributed by atoms with E-state index in [1.807, 2.05) is 10.7 Å². The summed E-state index contributed by atoms with van der Waals surface area (Å²) in [5.74, 6) is 0.634. The van der Waals surface area contributed by atoms with Crippen LogP contribution in [0.25, 0.3) is 0 Å². The molecule has 1 aliphatic carbocycles. The van der Waals surface area contributed by atoms with Crippen molar-refractivity contribution >= 4 is 6.03 Å². The number of aromatic nitrogens is 2. The summed E-state index contributed by atoms with van der Waals surface area (Å²) < 4.78 is 1.99. The second kappa shape index (κ2) is 2.98. The van der Waals surface area contributed by atoms with Gasteiger partial charge in [0.15, 0.2) is 0 Å². The molecule has 1 atom stereocenters. The molecular weight excluding hydrogens is 192 g/mol. The largest absolute Gasteiger partial charge is 0.351 e. The second-order valence-electron chi connectivity index (χ2n) is 4.38. The Hall–Kier alpha value is -1.52. The molecule has 80 valence electrons. The maximum absolute atomic E-state index is 11.3. The molecular formula is C10H14N4O. The third kappa shape index (κ3) is 1.38. The van der Waals surface area contributed by atoms with Crippen LogP contribution in [0.4, 0.5) is 4.79 Å². The fraction of sp³-hybridized carbons (Fsp3) is 0.600. The van der Waals surface area contributed by atoms with Gasteiger partial charge in [-0.3, -0.25) is 4.68 Å². The number of amides is 2. The van der Waals surface area contributed by atoms with Gasteiger partial charge in [0, 0.05) is 6.20 Å². The van der Waals surface area contributed by atoms with Crippen LogP contribution in [0.5, 0.6) is 0 Å². The average Bonchev–Trinajstić information content (AvgIpc) is 2.95. The topological polar surface area (TPSA) is 64.2 Å². The van der Waals surface area contributed by atoms with Crippen LogP contribution < -0.4 is 5.73 Å². The lowest BCUT2D eigenvalue weighted by Gasteiger charge is -2.35. The first-order valence-electron chi connectivity index (χ1n) is 5.32. The Morgan fingerprint density at radius 2 is 2.33 bits per heavy atom. The van der Waals surface area contributed by atoms with E-state index in [0.29, 0.717) is 12.5 Å². The molecule has 5 nitrogen and oxygen atoms in total. The van der Waals surface area contributed by atoms with Crippen LogP contribution in [0.1, 0.15) is 18.5 Å². The molecule has 1 fully saturated rings. The number of carbonyl (C=O) groups excluding carboxylic acids is 1. The minimum absolute atomic E-state index is 0.259. The van der Waals surface area contributed by atoms with Gasteiger partial charge in [-0.05, 0) is 24.8 Å². The second-order valence-corrected chi connectivity index (χ2v) is 4.38. The van der Waals surface area contributed by atoms with Gasteiger partial charge in [-0.15, -0.1) is 0 Å².